The second-order valence-electron chi connectivity index (χ2n) is 6.99. The van der Waals surface area contributed by atoms with E-state index in [1.54, 1.807) is 24.7 Å². The number of sulfonamides is 1. The molecule has 1 aliphatic rings. The largest absolute Gasteiger partial charge is 0.416 e. The molecule has 1 saturated heterocycles. The Morgan fingerprint density at radius 1 is 1.21 bits per heavy atom. The SMILES string of the molecule is Cc1cc(NC(=O)C2CCN(S(=O)(=O)c3cccc(C(F)(F)F)c3)CC2)n(C)n1. The number of aryl methyl sites for hydroxylation is 2. The van der Waals surface area contributed by atoms with Crippen molar-refractivity contribution in [3.8, 4) is 0 Å². The van der Waals surface area contributed by atoms with Crippen LogP contribution in [0.4, 0.5) is 19.0 Å². The van der Waals surface area contributed by atoms with Gasteiger partial charge in [0.1, 0.15) is 5.82 Å². The van der Waals surface area contributed by atoms with Crippen LogP contribution in [0.1, 0.15) is 24.1 Å². The molecule has 0 bridgehead atoms. The number of aromatic nitrogens is 2. The molecule has 0 aliphatic carbocycles. The molecule has 0 atom stereocenters. The fraction of sp³-hybridized carbons (Fsp3) is 0.444. The monoisotopic (exact) mass is 430 g/mol. The van der Waals surface area contributed by atoms with Gasteiger partial charge in [-0.1, -0.05) is 6.07 Å². The Bertz CT molecular complexity index is 1010. The van der Waals surface area contributed by atoms with Gasteiger partial charge >= 0.3 is 6.18 Å². The summed E-state index contributed by atoms with van der Waals surface area (Å²) in [5.41, 5.74) is -0.260. The Labute approximate surface area is 166 Å². The number of halogens is 3. The van der Waals surface area contributed by atoms with Crippen molar-refractivity contribution in [2.75, 3.05) is 18.4 Å². The van der Waals surface area contributed by atoms with Crippen LogP contribution in [0.2, 0.25) is 0 Å². The minimum atomic E-state index is -4.62. The van der Waals surface area contributed by atoms with E-state index in [9.17, 15) is 26.4 Å². The number of nitrogens with one attached hydrogen (secondary N) is 1. The molecule has 2 heterocycles. The lowest BCUT2D eigenvalue weighted by molar-refractivity contribution is -0.137. The molecule has 7 nitrogen and oxygen atoms in total. The van der Waals surface area contributed by atoms with Crippen LogP contribution in [-0.2, 0) is 28.0 Å². The van der Waals surface area contributed by atoms with Gasteiger partial charge in [0, 0.05) is 32.1 Å². The van der Waals surface area contributed by atoms with Crippen molar-refractivity contribution in [2.45, 2.75) is 30.8 Å². The minimum Gasteiger partial charge on any atom is -0.311 e. The number of piperidine rings is 1. The number of hydrogen-bond donors (Lipinski definition) is 1. The van der Waals surface area contributed by atoms with Gasteiger partial charge in [-0.15, -0.1) is 0 Å². The van der Waals surface area contributed by atoms with Crippen molar-refractivity contribution in [1.29, 1.82) is 0 Å². The second-order valence-corrected chi connectivity index (χ2v) is 8.93. The Hall–Kier alpha value is -2.40. The van der Waals surface area contributed by atoms with Crippen LogP contribution in [0.5, 0.6) is 0 Å². The van der Waals surface area contributed by atoms with E-state index in [4.69, 9.17) is 0 Å². The molecule has 158 valence electrons. The number of carbonyl (C=O) groups excluding carboxylic acids is 1. The van der Waals surface area contributed by atoms with Gasteiger partial charge in [-0.2, -0.15) is 22.6 Å². The molecule has 1 fully saturated rings. The van der Waals surface area contributed by atoms with Gasteiger partial charge < -0.3 is 5.32 Å². The first kappa shape index (κ1) is 21.3. The van der Waals surface area contributed by atoms with Gasteiger partial charge in [-0.3, -0.25) is 9.48 Å². The van der Waals surface area contributed by atoms with Crippen molar-refractivity contribution < 1.29 is 26.4 Å². The molecule has 3 rings (SSSR count). The van der Waals surface area contributed by atoms with Crippen molar-refractivity contribution in [3.05, 3.63) is 41.6 Å². The van der Waals surface area contributed by atoms with E-state index in [2.05, 4.69) is 10.4 Å². The van der Waals surface area contributed by atoms with Crippen LogP contribution in [0.25, 0.3) is 0 Å². The van der Waals surface area contributed by atoms with Crippen LogP contribution in [0.3, 0.4) is 0 Å². The summed E-state index contributed by atoms with van der Waals surface area (Å²) in [5.74, 6) is -0.0752. The summed E-state index contributed by atoms with van der Waals surface area (Å²) in [6.07, 6.45) is -4.07. The third kappa shape index (κ3) is 4.61. The number of alkyl halides is 3. The zero-order chi connectivity index (χ0) is 21.4. The predicted molar refractivity (Wildman–Crippen MR) is 99.5 cm³/mol. The molecule has 11 heteroatoms. The number of nitrogens with zero attached hydrogens (tertiary/aromatic N) is 3. The quantitative estimate of drug-likeness (QED) is 0.809. The van der Waals surface area contributed by atoms with Crippen LogP contribution in [-0.4, -0.2) is 41.5 Å². The lowest BCUT2D eigenvalue weighted by atomic mass is 9.97. The third-order valence-electron chi connectivity index (χ3n) is 4.88. The highest BCUT2D eigenvalue weighted by Crippen LogP contribution is 2.32. The summed E-state index contributed by atoms with van der Waals surface area (Å²) in [4.78, 5) is 12.1. The average Bonchev–Trinajstić information content (AvgIpc) is 2.98. The van der Waals surface area contributed by atoms with E-state index in [0.717, 1.165) is 28.2 Å². The van der Waals surface area contributed by atoms with Gasteiger partial charge in [0.2, 0.25) is 15.9 Å². The van der Waals surface area contributed by atoms with Crippen LogP contribution >= 0.6 is 0 Å². The first-order valence-electron chi connectivity index (χ1n) is 8.97. The molecular formula is C18H21F3N4O3S. The summed E-state index contributed by atoms with van der Waals surface area (Å²) < 4.78 is 66.8. The summed E-state index contributed by atoms with van der Waals surface area (Å²) in [5, 5.41) is 6.92. The molecule has 1 N–H and O–H groups in total. The predicted octanol–water partition coefficient (Wildman–Crippen LogP) is 2.79. The fourth-order valence-corrected chi connectivity index (χ4v) is 4.81. The molecule has 2 aromatic rings. The molecule has 0 spiro atoms. The molecule has 1 aromatic carbocycles. The second kappa shape index (κ2) is 7.79. The smallest absolute Gasteiger partial charge is 0.311 e. The van der Waals surface area contributed by atoms with Gasteiger partial charge in [0.25, 0.3) is 0 Å². The number of carbonyl (C=O) groups is 1. The number of rotatable bonds is 4. The van der Waals surface area contributed by atoms with E-state index in [1.807, 2.05) is 0 Å². The molecule has 1 aliphatic heterocycles. The van der Waals surface area contributed by atoms with Crippen molar-refractivity contribution in [2.24, 2.45) is 13.0 Å². The Kier molecular flexibility index (Phi) is 5.72. The van der Waals surface area contributed by atoms with Crippen LogP contribution in [0, 0.1) is 12.8 Å². The molecule has 0 radical (unpaired) electrons. The number of benzene rings is 1. The molecule has 1 amide bonds. The van der Waals surface area contributed by atoms with Gasteiger partial charge in [-0.25, -0.2) is 8.42 Å². The summed E-state index contributed by atoms with van der Waals surface area (Å²) in [7, 11) is -2.37. The van der Waals surface area contributed by atoms with E-state index < -0.39 is 32.6 Å². The lowest BCUT2D eigenvalue weighted by Crippen LogP contribution is -2.41. The molecule has 0 unspecified atom stereocenters. The van der Waals surface area contributed by atoms with E-state index >= 15 is 0 Å². The summed E-state index contributed by atoms with van der Waals surface area (Å²) in [6.45, 7) is 1.91. The standard InChI is InChI=1S/C18H21F3N4O3S/c1-12-10-16(24(2)23-12)22-17(26)13-6-8-25(9-7-13)29(27,28)15-5-3-4-14(11-15)18(19,20)21/h3-5,10-11,13H,6-9H2,1-2H3,(H,22,26). The van der Waals surface area contributed by atoms with Gasteiger partial charge in [-0.05, 0) is 38.0 Å². The van der Waals surface area contributed by atoms with Crippen LogP contribution < -0.4 is 5.32 Å². The Balaban J connectivity index is 1.67. The Morgan fingerprint density at radius 2 is 1.86 bits per heavy atom. The highest BCUT2D eigenvalue weighted by atomic mass is 32.2. The lowest BCUT2D eigenvalue weighted by Gasteiger charge is -2.30. The number of anilines is 1. The Morgan fingerprint density at radius 3 is 2.41 bits per heavy atom. The first-order valence-corrected chi connectivity index (χ1v) is 10.4. The fourth-order valence-electron chi connectivity index (χ4n) is 3.30. The van der Waals surface area contributed by atoms with Crippen molar-refractivity contribution in [3.63, 3.8) is 0 Å². The van der Waals surface area contributed by atoms with E-state index in [1.165, 1.54) is 0 Å². The highest BCUT2D eigenvalue weighted by molar-refractivity contribution is 7.89. The maximum Gasteiger partial charge on any atom is 0.416 e. The summed E-state index contributed by atoms with van der Waals surface area (Å²) in [6, 6.07) is 5.42. The zero-order valence-electron chi connectivity index (χ0n) is 15.9. The maximum absolute atomic E-state index is 12.9. The van der Waals surface area contributed by atoms with Crippen LogP contribution in [0.15, 0.2) is 35.2 Å². The number of hydrogen-bond acceptors (Lipinski definition) is 4. The van der Waals surface area contributed by atoms with E-state index in [0.29, 0.717) is 11.9 Å². The normalized spacial score (nSPS) is 16.7. The van der Waals surface area contributed by atoms with Gasteiger partial charge in [0.05, 0.1) is 16.2 Å². The third-order valence-corrected chi connectivity index (χ3v) is 6.77. The average molecular weight is 430 g/mol. The molecule has 1 aromatic heterocycles. The number of amides is 1. The molecular weight excluding hydrogens is 409 g/mol. The minimum absolute atomic E-state index is 0.0566. The van der Waals surface area contributed by atoms with Crippen molar-refractivity contribution >= 4 is 21.7 Å². The first-order chi connectivity index (χ1) is 13.5. The van der Waals surface area contributed by atoms with E-state index in [-0.39, 0.29) is 31.8 Å². The zero-order valence-corrected chi connectivity index (χ0v) is 16.7. The molecule has 29 heavy (non-hydrogen) atoms. The maximum atomic E-state index is 12.9. The molecule has 0 saturated carbocycles. The topological polar surface area (TPSA) is 84.3 Å². The van der Waals surface area contributed by atoms with Crippen molar-refractivity contribution in [1.82, 2.24) is 14.1 Å². The summed E-state index contributed by atoms with van der Waals surface area (Å²) >= 11 is 0. The highest BCUT2D eigenvalue weighted by Gasteiger charge is 2.35. The van der Waals surface area contributed by atoms with Gasteiger partial charge in [0.15, 0.2) is 0 Å².